The van der Waals surface area contributed by atoms with Crippen LogP contribution in [0.15, 0.2) is 0 Å². The zero-order chi connectivity index (χ0) is 7.19. The van der Waals surface area contributed by atoms with Gasteiger partial charge in [0.1, 0.15) is 11.5 Å². The number of nitrogens with two attached hydrogens (primary N) is 1. The van der Waals surface area contributed by atoms with Crippen LogP contribution >= 0.6 is 0 Å². The number of fused-ring (bicyclic) bond motifs is 2. The Hall–Kier alpha value is -0.570. The van der Waals surface area contributed by atoms with Crippen LogP contribution in [0.5, 0.6) is 0 Å². The Balaban J connectivity index is 2.23. The van der Waals surface area contributed by atoms with Crippen molar-refractivity contribution in [2.75, 3.05) is 0 Å². The van der Waals surface area contributed by atoms with E-state index in [2.05, 4.69) is 0 Å². The van der Waals surface area contributed by atoms with Crippen molar-refractivity contribution in [1.29, 1.82) is 0 Å². The van der Waals surface area contributed by atoms with Gasteiger partial charge in [0.15, 0.2) is 0 Å². The molecular weight excluding hydrogens is 130 g/mol. The van der Waals surface area contributed by atoms with Crippen molar-refractivity contribution in [1.82, 2.24) is 0 Å². The van der Waals surface area contributed by atoms with Crippen LogP contribution in [0.3, 0.4) is 0 Å². The first-order chi connectivity index (χ1) is 4.73. The fourth-order valence-corrected chi connectivity index (χ4v) is 2.21. The summed E-state index contributed by atoms with van der Waals surface area (Å²) >= 11 is 0. The molecule has 10 heavy (non-hydrogen) atoms. The van der Waals surface area contributed by atoms with Gasteiger partial charge in [-0.05, 0) is 0 Å². The van der Waals surface area contributed by atoms with Gasteiger partial charge in [0.25, 0.3) is 0 Å². The highest BCUT2D eigenvalue weighted by molar-refractivity contribution is 5.75. The summed E-state index contributed by atoms with van der Waals surface area (Å²) in [6.45, 7) is 0. The highest BCUT2D eigenvalue weighted by Crippen LogP contribution is 2.29. The minimum Gasteiger partial charge on any atom is -0.544 e. The Labute approximate surface area is 59.4 Å². The second-order valence-corrected chi connectivity index (χ2v) is 3.45. The van der Waals surface area contributed by atoms with E-state index in [9.17, 15) is 9.90 Å². The molecule has 2 N–H and O–H groups in total. The lowest BCUT2D eigenvalue weighted by Crippen LogP contribution is -2.97. The van der Waals surface area contributed by atoms with E-state index in [4.69, 9.17) is 0 Å². The average molecular weight is 141 g/mol. The van der Waals surface area contributed by atoms with E-state index in [-0.39, 0.29) is 0 Å². The van der Waals surface area contributed by atoms with Crippen LogP contribution in [0.4, 0.5) is 0 Å². The van der Waals surface area contributed by atoms with Gasteiger partial charge < -0.3 is 15.2 Å². The molecule has 0 unspecified atom stereocenters. The first-order valence-corrected chi connectivity index (χ1v) is 3.80. The van der Waals surface area contributed by atoms with Crippen LogP contribution in [-0.4, -0.2) is 17.6 Å². The number of carbonyl (C=O) groups excluding carboxylic acids is 1. The van der Waals surface area contributed by atoms with Gasteiger partial charge in [-0.3, -0.25) is 0 Å². The maximum Gasteiger partial charge on any atom is 0.137 e. The van der Waals surface area contributed by atoms with E-state index in [0.717, 1.165) is 25.7 Å². The molecule has 3 heteroatoms. The third kappa shape index (κ3) is 0.611. The maximum atomic E-state index is 10.6. The second kappa shape index (κ2) is 1.72. The van der Waals surface area contributed by atoms with E-state index in [1.807, 2.05) is 5.32 Å². The van der Waals surface area contributed by atoms with Gasteiger partial charge in [-0.2, -0.15) is 0 Å². The molecule has 3 nitrogen and oxygen atoms in total. The molecule has 2 fully saturated rings. The number of carboxylic acid groups (broad SMARTS) is 1. The minimum absolute atomic E-state index is 0.509. The number of hydrogen-bond acceptors (Lipinski definition) is 2. The lowest BCUT2D eigenvalue weighted by atomic mass is 9.88. The minimum atomic E-state index is -0.854. The first kappa shape index (κ1) is 6.16. The molecule has 0 amide bonds. The third-order valence-electron chi connectivity index (χ3n) is 2.88. The molecule has 0 aromatic heterocycles. The van der Waals surface area contributed by atoms with Crippen LogP contribution in [0.25, 0.3) is 0 Å². The number of rotatable bonds is 1. The Bertz CT molecular complexity index is 170. The number of aliphatic carboxylic acids is 1. The Kier molecular flexibility index (Phi) is 1.06. The summed E-state index contributed by atoms with van der Waals surface area (Å²) in [5.41, 5.74) is -0.509. The van der Waals surface area contributed by atoms with Crippen LogP contribution in [0.1, 0.15) is 25.7 Å². The third-order valence-corrected chi connectivity index (χ3v) is 2.88. The number of carboxylic acids is 1. The Morgan fingerprint density at radius 1 is 1.50 bits per heavy atom. The monoisotopic (exact) mass is 141 g/mol. The molecule has 0 radical (unpaired) electrons. The fraction of sp³-hybridized carbons (Fsp3) is 0.857. The molecule has 0 aromatic carbocycles. The van der Waals surface area contributed by atoms with Gasteiger partial charge in [0.05, 0.1) is 6.04 Å². The summed E-state index contributed by atoms with van der Waals surface area (Å²) in [4.78, 5) is 10.6. The van der Waals surface area contributed by atoms with Gasteiger partial charge >= 0.3 is 0 Å². The van der Waals surface area contributed by atoms with Crippen molar-refractivity contribution >= 4 is 5.97 Å². The van der Waals surface area contributed by atoms with E-state index in [1.54, 1.807) is 0 Å². The summed E-state index contributed by atoms with van der Waals surface area (Å²) in [5, 5.41) is 12.6. The molecule has 2 rings (SSSR count). The standard InChI is InChI=1S/C7H11NO2/c9-6(10)7-3-1-5(8-7)2-4-7/h5,8H,1-4H2,(H,9,10). The van der Waals surface area contributed by atoms with E-state index in [1.165, 1.54) is 0 Å². The molecule has 0 saturated carbocycles. The molecule has 0 spiro atoms. The molecule has 2 aliphatic heterocycles. The Morgan fingerprint density at radius 2 is 2.10 bits per heavy atom. The molecule has 2 saturated heterocycles. The first-order valence-electron chi connectivity index (χ1n) is 3.80. The maximum absolute atomic E-state index is 10.6. The van der Waals surface area contributed by atoms with Crippen LogP contribution in [0, 0.1) is 0 Å². The van der Waals surface area contributed by atoms with Crippen molar-refractivity contribution in [2.45, 2.75) is 37.3 Å². The van der Waals surface area contributed by atoms with Gasteiger partial charge in [-0.1, -0.05) is 0 Å². The summed E-state index contributed by atoms with van der Waals surface area (Å²) < 4.78 is 0. The van der Waals surface area contributed by atoms with E-state index >= 15 is 0 Å². The number of quaternary nitrogens is 1. The Morgan fingerprint density at radius 3 is 2.30 bits per heavy atom. The summed E-state index contributed by atoms with van der Waals surface area (Å²) in [7, 11) is 0. The van der Waals surface area contributed by atoms with E-state index in [0.29, 0.717) is 6.04 Å². The van der Waals surface area contributed by atoms with Gasteiger partial charge in [0.2, 0.25) is 0 Å². The fourth-order valence-electron chi connectivity index (χ4n) is 2.21. The van der Waals surface area contributed by atoms with Crippen molar-refractivity contribution in [2.24, 2.45) is 0 Å². The van der Waals surface area contributed by atoms with Crippen molar-refractivity contribution in [3.05, 3.63) is 0 Å². The molecule has 2 aliphatic rings. The predicted molar refractivity (Wildman–Crippen MR) is 31.9 cm³/mol. The smallest absolute Gasteiger partial charge is 0.137 e. The molecule has 0 atom stereocenters. The lowest BCUT2D eigenvalue weighted by Gasteiger charge is -2.22. The predicted octanol–water partition coefficient (Wildman–Crippen LogP) is -2.01. The second-order valence-electron chi connectivity index (χ2n) is 3.45. The van der Waals surface area contributed by atoms with Gasteiger partial charge in [-0.15, -0.1) is 0 Å². The molecule has 56 valence electrons. The molecule has 2 heterocycles. The molecule has 2 bridgehead atoms. The summed E-state index contributed by atoms with van der Waals surface area (Å²) in [5.74, 6) is -0.854. The zero-order valence-electron chi connectivity index (χ0n) is 5.80. The zero-order valence-corrected chi connectivity index (χ0v) is 5.80. The van der Waals surface area contributed by atoms with Gasteiger partial charge in [0, 0.05) is 25.7 Å². The summed E-state index contributed by atoms with van der Waals surface area (Å²) in [6.07, 6.45) is 3.77. The largest absolute Gasteiger partial charge is 0.544 e. The summed E-state index contributed by atoms with van der Waals surface area (Å²) in [6, 6.07) is 0.581. The molecule has 0 aliphatic carbocycles. The average Bonchev–Trinajstić information content (AvgIpc) is 2.45. The number of carbonyl (C=O) groups is 1. The molecular formula is C7H11NO2. The van der Waals surface area contributed by atoms with E-state index < -0.39 is 11.5 Å². The normalized spacial score (nSPS) is 44.2. The van der Waals surface area contributed by atoms with Gasteiger partial charge in [-0.25, -0.2) is 0 Å². The van der Waals surface area contributed by atoms with Crippen LogP contribution < -0.4 is 10.4 Å². The highest BCUT2D eigenvalue weighted by Gasteiger charge is 2.49. The molecule has 0 aromatic rings. The van der Waals surface area contributed by atoms with Crippen LogP contribution in [0.2, 0.25) is 0 Å². The lowest BCUT2D eigenvalue weighted by molar-refractivity contribution is -0.709. The SMILES string of the molecule is O=C([O-])C12CCC(CC1)[NH2+]2. The van der Waals surface area contributed by atoms with Crippen molar-refractivity contribution in [3.8, 4) is 0 Å². The van der Waals surface area contributed by atoms with Crippen molar-refractivity contribution in [3.63, 3.8) is 0 Å². The number of hydrogen-bond donors (Lipinski definition) is 1. The quantitative estimate of drug-likeness (QED) is 0.459. The highest BCUT2D eigenvalue weighted by atomic mass is 16.4. The topological polar surface area (TPSA) is 56.7 Å². The van der Waals surface area contributed by atoms with Crippen LogP contribution in [-0.2, 0) is 4.79 Å². The van der Waals surface area contributed by atoms with Crippen molar-refractivity contribution < 1.29 is 15.2 Å².